The molecule has 2 atom stereocenters. The molecule has 0 aromatic carbocycles. The number of carbonyl (C=O) groups is 1. The first kappa shape index (κ1) is 10.5. The molecule has 2 aliphatic rings. The van der Waals surface area contributed by atoms with E-state index in [4.69, 9.17) is 9.84 Å². The van der Waals surface area contributed by atoms with Gasteiger partial charge >= 0.3 is 0 Å². The average Bonchev–Trinajstić information content (AvgIpc) is 2.49. The van der Waals surface area contributed by atoms with E-state index in [1.807, 2.05) is 6.92 Å². The number of carbonyl (C=O) groups excluding carboxylic acids is 1. The predicted molar refractivity (Wildman–Crippen MR) is 58.3 cm³/mol. The summed E-state index contributed by atoms with van der Waals surface area (Å²) in [6, 6.07) is 0. The standard InChI is InChI=1S/C9H8Br2O3/c1-9-4(3-12)2-5(14-9)7(13)6(10)8(9)11/h2,5,12H,3H2,1H3/t5-,9+/m0/s1. The molecule has 1 N–H and O–H groups in total. The molecule has 3 nitrogen and oxygen atoms in total. The Hall–Kier alpha value is 0.0300. The molecular formula is C9H8Br2O3. The van der Waals surface area contributed by atoms with Crippen molar-refractivity contribution in [3.63, 3.8) is 0 Å². The van der Waals surface area contributed by atoms with E-state index in [0.29, 0.717) is 8.96 Å². The van der Waals surface area contributed by atoms with Crippen molar-refractivity contribution in [1.29, 1.82) is 0 Å². The van der Waals surface area contributed by atoms with Crippen molar-refractivity contribution in [2.45, 2.75) is 18.6 Å². The Bertz CT molecular complexity index is 372. The van der Waals surface area contributed by atoms with Crippen molar-refractivity contribution in [3.8, 4) is 0 Å². The number of ether oxygens (including phenoxy) is 1. The van der Waals surface area contributed by atoms with Gasteiger partial charge in [-0.3, -0.25) is 4.79 Å². The second-order valence-electron chi connectivity index (χ2n) is 3.41. The van der Waals surface area contributed by atoms with Gasteiger partial charge in [-0.05, 0) is 34.5 Å². The molecule has 2 bridgehead atoms. The lowest BCUT2D eigenvalue weighted by molar-refractivity contribution is -0.128. The molecule has 0 fully saturated rings. The Balaban J connectivity index is 2.57. The average molecular weight is 324 g/mol. The van der Waals surface area contributed by atoms with Crippen LogP contribution >= 0.6 is 31.9 Å². The van der Waals surface area contributed by atoms with Crippen LogP contribution in [0.1, 0.15) is 6.92 Å². The molecule has 5 heteroatoms. The van der Waals surface area contributed by atoms with E-state index in [1.165, 1.54) is 0 Å². The maximum atomic E-state index is 11.6. The third kappa shape index (κ3) is 1.19. The predicted octanol–water partition coefficient (Wildman–Crippen LogP) is 1.65. The smallest absolute Gasteiger partial charge is 0.203 e. The number of aliphatic hydroxyl groups excluding tert-OH is 1. The van der Waals surface area contributed by atoms with Gasteiger partial charge in [0.2, 0.25) is 5.78 Å². The fraction of sp³-hybridized carbons (Fsp3) is 0.444. The summed E-state index contributed by atoms with van der Waals surface area (Å²) in [6.07, 6.45) is 1.12. The number of halogens is 2. The van der Waals surface area contributed by atoms with E-state index in [2.05, 4.69) is 31.9 Å². The summed E-state index contributed by atoms with van der Waals surface area (Å²) in [5, 5.41) is 9.15. The van der Waals surface area contributed by atoms with Crippen molar-refractivity contribution in [3.05, 3.63) is 20.6 Å². The van der Waals surface area contributed by atoms with Crippen LogP contribution in [0, 0.1) is 0 Å². The van der Waals surface area contributed by atoms with Gasteiger partial charge in [-0.15, -0.1) is 0 Å². The maximum Gasteiger partial charge on any atom is 0.203 e. The molecule has 14 heavy (non-hydrogen) atoms. The highest BCUT2D eigenvalue weighted by atomic mass is 79.9. The lowest BCUT2D eigenvalue weighted by atomic mass is 9.97. The van der Waals surface area contributed by atoms with Gasteiger partial charge in [-0.25, -0.2) is 0 Å². The van der Waals surface area contributed by atoms with E-state index in [-0.39, 0.29) is 12.4 Å². The molecule has 76 valence electrons. The fourth-order valence-corrected chi connectivity index (χ4v) is 2.82. The molecule has 2 aliphatic heterocycles. The summed E-state index contributed by atoms with van der Waals surface area (Å²) in [5.41, 5.74) is 0.0313. The Labute approximate surface area is 98.1 Å². The molecular weight excluding hydrogens is 316 g/mol. The van der Waals surface area contributed by atoms with E-state index >= 15 is 0 Å². The quantitative estimate of drug-likeness (QED) is 0.746. The van der Waals surface area contributed by atoms with Crippen molar-refractivity contribution in [2.24, 2.45) is 0 Å². The zero-order valence-corrected chi connectivity index (χ0v) is 10.6. The minimum Gasteiger partial charge on any atom is -0.392 e. The van der Waals surface area contributed by atoms with Crippen LogP contribution in [0.25, 0.3) is 0 Å². The molecule has 0 aromatic rings. The number of fused-ring (bicyclic) bond motifs is 2. The van der Waals surface area contributed by atoms with Gasteiger partial charge < -0.3 is 9.84 Å². The largest absolute Gasteiger partial charge is 0.392 e. The lowest BCUT2D eigenvalue weighted by Gasteiger charge is -2.32. The monoisotopic (exact) mass is 322 g/mol. The fourth-order valence-electron chi connectivity index (χ4n) is 1.67. The molecule has 0 radical (unpaired) electrons. The van der Waals surface area contributed by atoms with Crippen molar-refractivity contribution in [2.75, 3.05) is 6.61 Å². The van der Waals surface area contributed by atoms with E-state index in [0.717, 1.165) is 5.57 Å². The second kappa shape index (κ2) is 3.27. The summed E-state index contributed by atoms with van der Waals surface area (Å²) >= 11 is 6.54. The molecule has 0 saturated heterocycles. The lowest BCUT2D eigenvalue weighted by Crippen LogP contribution is -2.38. The van der Waals surface area contributed by atoms with Crippen LogP contribution in [0.3, 0.4) is 0 Å². The molecule has 0 saturated carbocycles. The molecule has 0 spiro atoms. The van der Waals surface area contributed by atoms with Gasteiger partial charge in [-0.2, -0.15) is 0 Å². The van der Waals surface area contributed by atoms with Crippen LogP contribution < -0.4 is 0 Å². The number of ketones is 1. The summed E-state index contributed by atoms with van der Waals surface area (Å²) < 4.78 is 6.69. The summed E-state index contributed by atoms with van der Waals surface area (Å²) in [7, 11) is 0. The number of Topliss-reactive ketones (excluding diaryl/α,β-unsaturated/α-hetero) is 1. The highest BCUT2D eigenvalue weighted by Crippen LogP contribution is 2.47. The number of rotatable bonds is 1. The van der Waals surface area contributed by atoms with Gasteiger partial charge in [-0.1, -0.05) is 15.9 Å². The van der Waals surface area contributed by atoms with Gasteiger partial charge in [0.25, 0.3) is 0 Å². The Morgan fingerprint density at radius 2 is 2.29 bits per heavy atom. The Kier molecular flexibility index (Phi) is 2.46. The molecule has 0 unspecified atom stereocenters. The van der Waals surface area contributed by atoms with Gasteiger partial charge in [0.15, 0.2) is 0 Å². The number of hydrogen-bond acceptors (Lipinski definition) is 3. The van der Waals surface area contributed by atoms with Crippen LogP contribution in [-0.2, 0) is 9.53 Å². The van der Waals surface area contributed by atoms with E-state index < -0.39 is 11.7 Å². The highest BCUT2D eigenvalue weighted by molar-refractivity contribution is 9.14. The van der Waals surface area contributed by atoms with Crippen molar-refractivity contribution >= 4 is 37.6 Å². The van der Waals surface area contributed by atoms with Crippen LogP contribution in [0.15, 0.2) is 20.6 Å². The minimum absolute atomic E-state index is 0.102. The molecule has 0 aliphatic carbocycles. The van der Waals surface area contributed by atoms with Crippen LogP contribution in [-0.4, -0.2) is 29.2 Å². The summed E-state index contributed by atoms with van der Waals surface area (Å²) in [6.45, 7) is 1.72. The van der Waals surface area contributed by atoms with Crippen molar-refractivity contribution < 1.29 is 14.6 Å². The normalized spacial score (nSPS) is 36.4. The van der Waals surface area contributed by atoms with Gasteiger partial charge in [0.1, 0.15) is 11.7 Å². The van der Waals surface area contributed by atoms with Crippen LogP contribution in [0.4, 0.5) is 0 Å². The molecule has 2 heterocycles. The summed E-state index contributed by atoms with van der Waals surface area (Å²) in [5.74, 6) is -0.113. The number of hydrogen-bond donors (Lipinski definition) is 1. The Morgan fingerprint density at radius 3 is 2.86 bits per heavy atom. The second-order valence-corrected chi connectivity index (χ2v) is 5.00. The first-order chi connectivity index (χ1) is 6.50. The van der Waals surface area contributed by atoms with Gasteiger partial charge in [0.05, 0.1) is 11.1 Å². The molecule has 2 rings (SSSR count). The zero-order valence-electron chi connectivity index (χ0n) is 7.38. The third-order valence-electron chi connectivity index (χ3n) is 2.58. The zero-order chi connectivity index (χ0) is 10.5. The topological polar surface area (TPSA) is 46.5 Å². The molecule has 0 amide bonds. The summed E-state index contributed by atoms with van der Waals surface area (Å²) in [4.78, 5) is 11.6. The SMILES string of the molecule is C[C@@]12O[C@@H](C=C1CO)C(=O)C(Br)=C2Br. The highest BCUT2D eigenvalue weighted by Gasteiger charge is 2.48. The van der Waals surface area contributed by atoms with Crippen LogP contribution in [0.5, 0.6) is 0 Å². The first-order valence-electron chi connectivity index (χ1n) is 4.10. The van der Waals surface area contributed by atoms with Gasteiger partial charge in [0, 0.05) is 4.48 Å². The molecule has 0 aromatic heterocycles. The Morgan fingerprint density at radius 1 is 1.64 bits per heavy atom. The first-order valence-corrected chi connectivity index (χ1v) is 5.69. The number of aliphatic hydroxyl groups is 1. The van der Waals surface area contributed by atoms with E-state index in [1.54, 1.807) is 6.08 Å². The van der Waals surface area contributed by atoms with Crippen LogP contribution in [0.2, 0.25) is 0 Å². The third-order valence-corrected chi connectivity index (χ3v) is 5.06. The minimum atomic E-state index is -0.688. The van der Waals surface area contributed by atoms with Crippen molar-refractivity contribution in [1.82, 2.24) is 0 Å². The maximum absolute atomic E-state index is 11.6. The van der Waals surface area contributed by atoms with E-state index in [9.17, 15) is 4.79 Å².